The lowest BCUT2D eigenvalue weighted by atomic mass is 10.0. The number of hydrogen-bond acceptors (Lipinski definition) is 7. The molecular weight excluding hydrogens is 1070 g/mol. The van der Waals surface area contributed by atoms with Gasteiger partial charge in [0.1, 0.15) is 13.2 Å². The zero-order chi connectivity index (χ0) is 62.6. The zero-order valence-corrected chi connectivity index (χ0v) is 58.5. The number of carbonyl (C=O) groups is 3. The van der Waals surface area contributed by atoms with Crippen LogP contribution in [0.15, 0.2) is 12.2 Å². The maximum absolute atomic E-state index is 13.0. The highest BCUT2D eigenvalue weighted by molar-refractivity contribution is 5.71. The predicted molar refractivity (Wildman–Crippen MR) is 369 cm³/mol. The number of unbranched alkanes of at least 4 members (excludes halogenated alkanes) is 56. The first-order valence-corrected chi connectivity index (χ1v) is 38.4. The van der Waals surface area contributed by atoms with E-state index in [4.69, 9.17) is 18.9 Å². The lowest BCUT2D eigenvalue weighted by molar-refractivity contribution is -0.870. The number of likely N-dealkylation sites (N-methyl/N-ethyl adjacent to an activating group) is 1. The molecule has 1 N–H and O–H groups in total. The Morgan fingerprint density at radius 1 is 0.337 bits per heavy atom. The molecule has 9 heteroatoms. The summed E-state index contributed by atoms with van der Waals surface area (Å²) in [4.78, 5) is 37.7. The van der Waals surface area contributed by atoms with Crippen molar-refractivity contribution in [3.05, 3.63) is 12.2 Å². The lowest BCUT2D eigenvalue weighted by Gasteiger charge is -2.25. The standard InChI is InChI=1S/C77H149NO8/c1-6-8-10-12-14-16-18-20-22-24-26-28-30-32-34-35-36-37-38-39-40-42-43-45-47-49-51-53-55-57-59-61-63-65-67-74(79)84-71-73(72-85-77(76(81)82)83-70-69-78(3,4)5)86-75(80)68-66-64-62-60-58-56-54-52-50-48-46-44-41-33-31-29-27-25-23-21-19-17-15-13-11-9-7-2/h25,27,73,77H,6-24,26,28-72H2,1-5H3/p+1/b27-25-. The quantitative estimate of drug-likeness (QED) is 0.0211. The number of quaternary nitrogens is 1. The fraction of sp³-hybridized carbons (Fsp3) is 0.935. The average molecular weight is 1220 g/mol. The van der Waals surface area contributed by atoms with Gasteiger partial charge in [-0.15, -0.1) is 0 Å². The second-order valence-corrected chi connectivity index (χ2v) is 27.7. The molecule has 0 amide bonds. The first-order chi connectivity index (χ1) is 42.1. The first-order valence-electron chi connectivity index (χ1n) is 38.4. The largest absolute Gasteiger partial charge is 0.477 e. The van der Waals surface area contributed by atoms with Crippen LogP contribution in [-0.4, -0.2) is 87.4 Å². The Morgan fingerprint density at radius 2 is 0.593 bits per heavy atom. The Hall–Kier alpha value is -1.97. The van der Waals surface area contributed by atoms with Gasteiger partial charge in [-0.1, -0.05) is 366 Å². The third kappa shape index (κ3) is 69.5. The van der Waals surface area contributed by atoms with E-state index >= 15 is 0 Å². The first kappa shape index (κ1) is 84.0. The van der Waals surface area contributed by atoms with Crippen LogP contribution < -0.4 is 0 Å². The van der Waals surface area contributed by atoms with E-state index in [1.54, 1.807) is 0 Å². The number of allylic oxidation sites excluding steroid dienone is 2. The number of esters is 2. The summed E-state index contributed by atoms with van der Waals surface area (Å²) in [7, 11) is 6.00. The molecule has 0 aliphatic rings. The molecule has 0 rings (SSSR count). The van der Waals surface area contributed by atoms with Gasteiger partial charge in [-0.3, -0.25) is 9.59 Å². The minimum absolute atomic E-state index is 0.174. The molecule has 0 aromatic rings. The van der Waals surface area contributed by atoms with Crippen LogP contribution in [0.2, 0.25) is 0 Å². The molecule has 0 heterocycles. The van der Waals surface area contributed by atoms with Gasteiger partial charge in [0, 0.05) is 12.8 Å². The summed E-state index contributed by atoms with van der Waals surface area (Å²) >= 11 is 0. The van der Waals surface area contributed by atoms with Crippen molar-refractivity contribution in [2.24, 2.45) is 0 Å². The molecule has 2 unspecified atom stereocenters. The second kappa shape index (κ2) is 68.9. The molecule has 0 saturated carbocycles. The lowest BCUT2D eigenvalue weighted by Crippen LogP contribution is -2.40. The molecule has 0 spiro atoms. The van der Waals surface area contributed by atoms with E-state index in [1.165, 1.54) is 340 Å². The van der Waals surface area contributed by atoms with Crippen molar-refractivity contribution < 1.29 is 42.9 Å². The van der Waals surface area contributed by atoms with Crippen molar-refractivity contribution in [3.8, 4) is 0 Å². The predicted octanol–water partition coefficient (Wildman–Crippen LogP) is 24.0. The fourth-order valence-corrected chi connectivity index (χ4v) is 11.9. The van der Waals surface area contributed by atoms with E-state index in [0.717, 1.165) is 38.5 Å². The second-order valence-electron chi connectivity index (χ2n) is 27.7. The maximum Gasteiger partial charge on any atom is 0.361 e. The van der Waals surface area contributed by atoms with E-state index in [9.17, 15) is 19.5 Å². The highest BCUT2D eigenvalue weighted by Crippen LogP contribution is 2.20. The highest BCUT2D eigenvalue weighted by atomic mass is 16.7. The molecule has 0 radical (unpaired) electrons. The number of ether oxygens (including phenoxy) is 4. The summed E-state index contributed by atoms with van der Waals surface area (Å²) in [5.41, 5.74) is 0. The molecule has 0 bridgehead atoms. The molecule has 510 valence electrons. The van der Waals surface area contributed by atoms with Crippen molar-refractivity contribution in [2.45, 2.75) is 418 Å². The van der Waals surface area contributed by atoms with Crippen LogP contribution in [0.3, 0.4) is 0 Å². The fourth-order valence-electron chi connectivity index (χ4n) is 11.9. The summed E-state index contributed by atoms with van der Waals surface area (Å²) in [6, 6.07) is 0. The van der Waals surface area contributed by atoms with E-state index in [1.807, 2.05) is 21.1 Å². The monoisotopic (exact) mass is 1220 g/mol. The number of hydrogen-bond donors (Lipinski definition) is 1. The van der Waals surface area contributed by atoms with Gasteiger partial charge in [0.25, 0.3) is 6.29 Å². The Kier molecular flexibility index (Phi) is 67.4. The van der Waals surface area contributed by atoms with Crippen LogP contribution in [-0.2, 0) is 33.3 Å². The van der Waals surface area contributed by atoms with E-state index < -0.39 is 18.4 Å². The van der Waals surface area contributed by atoms with Crippen molar-refractivity contribution >= 4 is 17.9 Å². The zero-order valence-electron chi connectivity index (χ0n) is 58.5. The number of aliphatic carboxylic acids is 1. The Morgan fingerprint density at radius 3 is 0.860 bits per heavy atom. The molecule has 0 aliphatic carbocycles. The number of carboxylic acids is 1. The number of rotatable bonds is 73. The number of nitrogens with zero attached hydrogens (tertiary/aromatic N) is 1. The van der Waals surface area contributed by atoms with Gasteiger partial charge in [-0.25, -0.2) is 4.79 Å². The van der Waals surface area contributed by atoms with Crippen LogP contribution >= 0.6 is 0 Å². The van der Waals surface area contributed by atoms with E-state index in [2.05, 4.69) is 26.0 Å². The minimum atomic E-state index is -1.51. The average Bonchev–Trinajstić information content (AvgIpc) is 3.64. The van der Waals surface area contributed by atoms with Crippen molar-refractivity contribution in [1.29, 1.82) is 0 Å². The van der Waals surface area contributed by atoms with Crippen LogP contribution in [0, 0.1) is 0 Å². The van der Waals surface area contributed by atoms with Crippen LogP contribution in [0.25, 0.3) is 0 Å². The van der Waals surface area contributed by atoms with Crippen LogP contribution in [0.1, 0.15) is 406 Å². The number of carboxylic acid groups (broad SMARTS) is 1. The summed E-state index contributed by atoms with van der Waals surface area (Å²) in [5, 5.41) is 9.76. The molecule has 0 saturated heterocycles. The van der Waals surface area contributed by atoms with E-state index in [-0.39, 0.29) is 38.2 Å². The van der Waals surface area contributed by atoms with Crippen molar-refractivity contribution in [2.75, 3.05) is 47.5 Å². The van der Waals surface area contributed by atoms with Gasteiger partial charge in [-0.05, 0) is 38.5 Å². The van der Waals surface area contributed by atoms with Crippen molar-refractivity contribution in [3.63, 3.8) is 0 Å². The molecule has 0 aromatic heterocycles. The molecule has 0 aromatic carbocycles. The SMILES string of the molecule is CCCCCCCCCC/C=C\CCCCCCCCCCCCCCCCCC(=O)OC(COC(=O)CCCCCCCCCCCCCCCCCCCCCCCCCCCCCCCCCCCC)COC(OCC[N+](C)(C)C)C(=O)O. The van der Waals surface area contributed by atoms with Gasteiger partial charge in [0.05, 0.1) is 34.4 Å². The number of carbonyl (C=O) groups excluding carboxylic acids is 2. The van der Waals surface area contributed by atoms with Gasteiger partial charge in [0.2, 0.25) is 0 Å². The molecule has 86 heavy (non-hydrogen) atoms. The van der Waals surface area contributed by atoms with E-state index in [0.29, 0.717) is 17.4 Å². The molecular formula is C77H150NO8+. The molecule has 0 fully saturated rings. The highest BCUT2D eigenvalue weighted by Gasteiger charge is 2.25. The molecule has 2 atom stereocenters. The van der Waals surface area contributed by atoms with Gasteiger partial charge in [0.15, 0.2) is 6.10 Å². The summed E-state index contributed by atoms with van der Waals surface area (Å²) in [6.07, 6.45) is 82.2. The Balaban J connectivity index is 3.98. The van der Waals surface area contributed by atoms with Gasteiger partial charge in [-0.2, -0.15) is 0 Å². The van der Waals surface area contributed by atoms with Gasteiger partial charge < -0.3 is 28.5 Å². The van der Waals surface area contributed by atoms with Gasteiger partial charge >= 0.3 is 17.9 Å². The minimum Gasteiger partial charge on any atom is -0.477 e. The molecule has 0 aliphatic heterocycles. The normalized spacial score (nSPS) is 12.6. The third-order valence-corrected chi connectivity index (χ3v) is 17.8. The Labute approximate surface area is 535 Å². The third-order valence-electron chi connectivity index (χ3n) is 17.8. The summed E-state index contributed by atoms with van der Waals surface area (Å²) in [6.45, 7) is 4.97. The maximum atomic E-state index is 13.0. The topological polar surface area (TPSA) is 108 Å². The Bertz CT molecular complexity index is 1410. The smallest absolute Gasteiger partial charge is 0.361 e. The molecule has 9 nitrogen and oxygen atoms in total. The van der Waals surface area contributed by atoms with Crippen molar-refractivity contribution in [1.82, 2.24) is 0 Å². The summed E-state index contributed by atoms with van der Waals surface area (Å²) in [5.74, 6) is -1.97. The van der Waals surface area contributed by atoms with Crippen LogP contribution in [0.5, 0.6) is 0 Å². The summed E-state index contributed by atoms with van der Waals surface area (Å²) < 4.78 is 23.0. The van der Waals surface area contributed by atoms with Crippen LogP contribution in [0.4, 0.5) is 0 Å².